The number of carboxylic acids is 1. The minimum absolute atomic E-state index is 0.196. The van der Waals surface area contributed by atoms with E-state index in [4.69, 9.17) is 14.6 Å². The van der Waals surface area contributed by atoms with E-state index in [9.17, 15) is 9.59 Å². The van der Waals surface area contributed by atoms with Crippen molar-refractivity contribution in [3.63, 3.8) is 0 Å². The highest BCUT2D eigenvalue weighted by Crippen LogP contribution is 2.15. The number of ether oxygens (including phenoxy) is 2. The van der Waals surface area contributed by atoms with Crippen LogP contribution in [0.25, 0.3) is 0 Å². The van der Waals surface area contributed by atoms with Crippen LogP contribution in [0, 0.1) is 5.92 Å². The van der Waals surface area contributed by atoms with Gasteiger partial charge in [-0.25, -0.2) is 4.79 Å². The number of alkyl carbamates (subject to hydrolysis) is 1. The van der Waals surface area contributed by atoms with Crippen molar-refractivity contribution in [2.24, 2.45) is 5.92 Å². The highest BCUT2D eigenvalue weighted by molar-refractivity contribution is 5.71. The van der Waals surface area contributed by atoms with Crippen molar-refractivity contribution in [3.05, 3.63) is 0 Å². The minimum atomic E-state index is -0.902. The summed E-state index contributed by atoms with van der Waals surface area (Å²) in [5.41, 5.74) is -0.564. The molecule has 1 amide bonds. The van der Waals surface area contributed by atoms with Crippen molar-refractivity contribution < 1.29 is 24.2 Å². The maximum Gasteiger partial charge on any atom is 0.407 e. The van der Waals surface area contributed by atoms with Crippen LogP contribution >= 0.6 is 0 Å². The van der Waals surface area contributed by atoms with E-state index in [-0.39, 0.29) is 12.6 Å². The summed E-state index contributed by atoms with van der Waals surface area (Å²) in [5, 5.41) is 11.5. The summed E-state index contributed by atoms with van der Waals surface area (Å²) < 4.78 is 10.2. The highest BCUT2D eigenvalue weighted by atomic mass is 16.6. The van der Waals surface area contributed by atoms with Crippen molar-refractivity contribution in [1.29, 1.82) is 0 Å². The first kappa shape index (κ1) is 13.8. The first-order valence-corrected chi connectivity index (χ1v) is 5.58. The maximum absolute atomic E-state index is 11.5. The molecule has 6 heteroatoms. The summed E-state index contributed by atoms with van der Waals surface area (Å²) in [4.78, 5) is 22.3. The van der Waals surface area contributed by atoms with E-state index in [0.717, 1.165) is 0 Å². The molecule has 6 nitrogen and oxygen atoms in total. The van der Waals surface area contributed by atoms with Gasteiger partial charge in [-0.1, -0.05) is 0 Å². The lowest BCUT2D eigenvalue weighted by Crippen LogP contribution is -2.46. The first-order valence-electron chi connectivity index (χ1n) is 5.58. The van der Waals surface area contributed by atoms with Crippen LogP contribution in [0.4, 0.5) is 4.79 Å². The van der Waals surface area contributed by atoms with Gasteiger partial charge in [-0.3, -0.25) is 4.79 Å². The second kappa shape index (κ2) is 5.35. The van der Waals surface area contributed by atoms with Gasteiger partial charge in [-0.15, -0.1) is 0 Å². The number of carboxylic acid groups (broad SMARTS) is 1. The Morgan fingerprint density at radius 3 is 2.53 bits per heavy atom. The van der Waals surface area contributed by atoms with Crippen LogP contribution in [0.2, 0.25) is 0 Å². The highest BCUT2D eigenvalue weighted by Gasteiger charge is 2.29. The van der Waals surface area contributed by atoms with Crippen LogP contribution in [0.1, 0.15) is 27.2 Å². The SMILES string of the molecule is CC(C)(C)OC(=O)N[C@@H]1COC[C@@H](C(=O)O)C1. The predicted octanol–water partition coefficient (Wildman–Crippen LogP) is 1.00. The van der Waals surface area contributed by atoms with Gasteiger partial charge in [0.15, 0.2) is 0 Å². The zero-order valence-corrected chi connectivity index (χ0v) is 10.4. The molecular weight excluding hydrogens is 226 g/mol. The molecule has 0 radical (unpaired) electrons. The molecule has 1 fully saturated rings. The Hall–Kier alpha value is -1.30. The van der Waals surface area contributed by atoms with E-state index in [1.807, 2.05) is 0 Å². The summed E-state index contributed by atoms with van der Waals surface area (Å²) in [6.07, 6.45) is -0.175. The van der Waals surface area contributed by atoms with E-state index in [2.05, 4.69) is 5.32 Å². The normalized spacial score (nSPS) is 25.1. The van der Waals surface area contributed by atoms with Crippen LogP contribution in [-0.2, 0) is 14.3 Å². The van der Waals surface area contributed by atoms with Crippen LogP contribution in [0.15, 0.2) is 0 Å². The van der Waals surface area contributed by atoms with Crippen molar-refractivity contribution in [3.8, 4) is 0 Å². The predicted molar refractivity (Wildman–Crippen MR) is 59.7 cm³/mol. The molecule has 0 aromatic heterocycles. The molecule has 1 saturated heterocycles. The van der Waals surface area contributed by atoms with Gasteiger partial charge in [-0.05, 0) is 27.2 Å². The number of carbonyl (C=O) groups is 2. The topological polar surface area (TPSA) is 84.9 Å². The Kier molecular flexibility index (Phi) is 4.34. The van der Waals surface area contributed by atoms with Gasteiger partial charge in [0, 0.05) is 0 Å². The summed E-state index contributed by atoms with van der Waals surface area (Å²) in [5.74, 6) is -1.47. The second-order valence-corrected chi connectivity index (χ2v) is 5.15. The van der Waals surface area contributed by atoms with Gasteiger partial charge in [0.25, 0.3) is 0 Å². The molecule has 0 aromatic rings. The molecule has 1 aliphatic rings. The standard InChI is InChI=1S/C11H19NO5/c1-11(2,3)17-10(15)12-8-4-7(9(13)14)5-16-6-8/h7-8H,4-6H2,1-3H3,(H,12,15)(H,13,14)/t7-,8-/m0/s1. The summed E-state index contributed by atoms with van der Waals surface area (Å²) in [6, 6.07) is -0.306. The number of hydrogen-bond donors (Lipinski definition) is 2. The fourth-order valence-corrected chi connectivity index (χ4v) is 1.58. The van der Waals surface area contributed by atoms with E-state index in [0.29, 0.717) is 13.0 Å². The molecule has 1 aliphatic heterocycles. The first-order chi connectivity index (χ1) is 7.78. The second-order valence-electron chi connectivity index (χ2n) is 5.15. The van der Waals surface area contributed by atoms with Crippen LogP contribution in [0.3, 0.4) is 0 Å². The Bertz CT molecular complexity index is 297. The van der Waals surface area contributed by atoms with Crippen molar-refractivity contribution >= 4 is 12.1 Å². The van der Waals surface area contributed by atoms with Gasteiger partial charge >= 0.3 is 12.1 Å². The molecule has 0 unspecified atom stereocenters. The summed E-state index contributed by atoms with van der Waals surface area (Å²) in [7, 11) is 0. The van der Waals surface area contributed by atoms with Crippen LogP contribution < -0.4 is 5.32 Å². The molecule has 1 rings (SSSR count). The van der Waals surface area contributed by atoms with Crippen molar-refractivity contribution in [1.82, 2.24) is 5.32 Å². The molecule has 1 heterocycles. The van der Waals surface area contributed by atoms with Crippen molar-refractivity contribution in [2.45, 2.75) is 38.8 Å². The summed E-state index contributed by atoms with van der Waals surface area (Å²) >= 11 is 0. The van der Waals surface area contributed by atoms with Gasteiger partial charge in [0.1, 0.15) is 5.60 Å². The fraction of sp³-hybridized carbons (Fsp3) is 0.818. The Balaban J connectivity index is 2.41. The Morgan fingerprint density at radius 1 is 1.35 bits per heavy atom. The number of aliphatic carboxylic acids is 1. The van der Waals surface area contributed by atoms with Crippen LogP contribution in [-0.4, -0.2) is 42.0 Å². The van der Waals surface area contributed by atoms with E-state index >= 15 is 0 Å². The average molecular weight is 245 g/mol. The lowest BCUT2D eigenvalue weighted by Gasteiger charge is -2.28. The molecule has 2 atom stereocenters. The van der Waals surface area contributed by atoms with E-state index in [1.165, 1.54) is 0 Å². The Morgan fingerprint density at radius 2 is 2.00 bits per heavy atom. The molecule has 0 bridgehead atoms. The number of rotatable bonds is 2. The third kappa shape index (κ3) is 5.04. The quantitative estimate of drug-likeness (QED) is 0.758. The number of carbonyl (C=O) groups excluding carboxylic acids is 1. The number of nitrogens with one attached hydrogen (secondary N) is 1. The number of amides is 1. The average Bonchev–Trinajstić information content (AvgIpc) is 2.14. The monoisotopic (exact) mass is 245 g/mol. The summed E-state index contributed by atoms with van der Waals surface area (Å²) in [6.45, 7) is 5.82. The van der Waals surface area contributed by atoms with E-state index < -0.39 is 23.6 Å². The van der Waals surface area contributed by atoms with Gasteiger partial charge in [0.2, 0.25) is 0 Å². The smallest absolute Gasteiger partial charge is 0.407 e. The molecule has 0 spiro atoms. The van der Waals surface area contributed by atoms with E-state index in [1.54, 1.807) is 20.8 Å². The minimum Gasteiger partial charge on any atom is -0.481 e. The van der Waals surface area contributed by atoms with Crippen molar-refractivity contribution in [2.75, 3.05) is 13.2 Å². The van der Waals surface area contributed by atoms with Gasteiger partial charge < -0.3 is 19.9 Å². The fourth-order valence-electron chi connectivity index (χ4n) is 1.58. The largest absolute Gasteiger partial charge is 0.481 e. The van der Waals surface area contributed by atoms with Gasteiger partial charge in [0.05, 0.1) is 25.2 Å². The van der Waals surface area contributed by atoms with Gasteiger partial charge in [-0.2, -0.15) is 0 Å². The number of hydrogen-bond acceptors (Lipinski definition) is 4. The zero-order valence-electron chi connectivity index (χ0n) is 10.4. The molecule has 2 N–H and O–H groups in total. The third-order valence-corrected chi connectivity index (χ3v) is 2.28. The van der Waals surface area contributed by atoms with Crippen LogP contribution in [0.5, 0.6) is 0 Å². The molecule has 98 valence electrons. The molecular formula is C11H19NO5. The Labute approximate surface area is 100 Å². The molecule has 0 aliphatic carbocycles. The lowest BCUT2D eigenvalue weighted by atomic mass is 9.99. The lowest BCUT2D eigenvalue weighted by molar-refractivity contribution is -0.146. The zero-order chi connectivity index (χ0) is 13.1. The molecule has 0 saturated carbocycles. The molecule has 0 aromatic carbocycles. The maximum atomic E-state index is 11.5. The third-order valence-electron chi connectivity index (χ3n) is 2.28. The molecule has 17 heavy (non-hydrogen) atoms.